The molecular weight excluding hydrogens is 392 g/mol. The van der Waals surface area contributed by atoms with Gasteiger partial charge in [0.25, 0.3) is 5.91 Å². The van der Waals surface area contributed by atoms with E-state index in [-0.39, 0.29) is 38.1 Å². The SMILES string of the molecule is C[C@@H](c1ccccc1)N1C[C@@H](C(=O)OCC(=O)NCc2ccccc2Cl)CC1=O. The highest BCUT2D eigenvalue weighted by molar-refractivity contribution is 6.31. The van der Waals surface area contributed by atoms with Gasteiger partial charge in [-0.15, -0.1) is 0 Å². The number of nitrogens with one attached hydrogen (secondary N) is 1. The molecule has 1 aliphatic rings. The van der Waals surface area contributed by atoms with Gasteiger partial charge in [-0.05, 0) is 24.1 Å². The van der Waals surface area contributed by atoms with Gasteiger partial charge in [0, 0.05) is 24.5 Å². The lowest BCUT2D eigenvalue weighted by molar-refractivity contribution is -0.152. The number of nitrogens with zero attached hydrogens (tertiary/aromatic N) is 1. The molecule has 0 unspecified atom stereocenters. The van der Waals surface area contributed by atoms with Gasteiger partial charge in [-0.2, -0.15) is 0 Å². The smallest absolute Gasteiger partial charge is 0.311 e. The number of benzene rings is 2. The number of hydrogen-bond donors (Lipinski definition) is 1. The number of hydrogen-bond acceptors (Lipinski definition) is 4. The molecule has 2 amide bonds. The summed E-state index contributed by atoms with van der Waals surface area (Å²) in [5, 5.41) is 3.22. The molecule has 1 heterocycles. The maximum Gasteiger partial charge on any atom is 0.311 e. The van der Waals surface area contributed by atoms with Gasteiger partial charge in [-0.3, -0.25) is 14.4 Å². The number of esters is 1. The second-order valence-corrected chi connectivity index (χ2v) is 7.42. The first-order valence-electron chi connectivity index (χ1n) is 9.47. The average molecular weight is 415 g/mol. The van der Waals surface area contributed by atoms with Crippen molar-refractivity contribution in [1.82, 2.24) is 10.2 Å². The third kappa shape index (κ3) is 5.35. The van der Waals surface area contributed by atoms with E-state index < -0.39 is 17.8 Å². The lowest BCUT2D eigenvalue weighted by Gasteiger charge is -2.25. The first kappa shape index (κ1) is 20.9. The molecule has 1 aliphatic heterocycles. The van der Waals surface area contributed by atoms with Crippen LogP contribution in [0.25, 0.3) is 0 Å². The van der Waals surface area contributed by atoms with E-state index in [1.807, 2.05) is 43.3 Å². The van der Waals surface area contributed by atoms with Crippen LogP contribution in [0.5, 0.6) is 0 Å². The Labute approximate surface area is 174 Å². The molecule has 0 radical (unpaired) electrons. The van der Waals surface area contributed by atoms with Crippen molar-refractivity contribution >= 4 is 29.4 Å². The maximum absolute atomic E-state index is 12.4. The summed E-state index contributed by atoms with van der Waals surface area (Å²) in [6.45, 7) is 2.08. The normalized spacial score (nSPS) is 17.1. The van der Waals surface area contributed by atoms with Gasteiger partial charge in [0.15, 0.2) is 6.61 Å². The third-order valence-electron chi connectivity index (χ3n) is 5.02. The maximum atomic E-state index is 12.4. The predicted octanol–water partition coefficient (Wildman–Crippen LogP) is 3.11. The highest BCUT2D eigenvalue weighted by atomic mass is 35.5. The molecule has 29 heavy (non-hydrogen) atoms. The molecule has 2 aromatic rings. The zero-order chi connectivity index (χ0) is 20.8. The van der Waals surface area contributed by atoms with Crippen LogP contribution in [0.2, 0.25) is 5.02 Å². The first-order valence-corrected chi connectivity index (χ1v) is 9.84. The topological polar surface area (TPSA) is 75.7 Å². The minimum absolute atomic E-state index is 0.0912. The molecule has 0 aliphatic carbocycles. The van der Waals surface area contributed by atoms with E-state index in [0.29, 0.717) is 5.02 Å². The average Bonchev–Trinajstić information content (AvgIpc) is 3.13. The fourth-order valence-electron chi connectivity index (χ4n) is 3.32. The van der Waals surface area contributed by atoms with E-state index in [2.05, 4.69) is 5.32 Å². The summed E-state index contributed by atoms with van der Waals surface area (Å²) < 4.78 is 5.13. The van der Waals surface area contributed by atoms with E-state index in [4.69, 9.17) is 16.3 Å². The molecule has 2 aromatic carbocycles. The van der Waals surface area contributed by atoms with E-state index >= 15 is 0 Å². The lowest BCUT2D eigenvalue weighted by atomic mass is 10.1. The third-order valence-corrected chi connectivity index (χ3v) is 5.39. The van der Waals surface area contributed by atoms with Gasteiger partial charge >= 0.3 is 5.97 Å². The van der Waals surface area contributed by atoms with Crippen LogP contribution >= 0.6 is 11.6 Å². The van der Waals surface area contributed by atoms with Crippen molar-refractivity contribution in [2.45, 2.75) is 25.9 Å². The van der Waals surface area contributed by atoms with Crippen molar-refractivity contribution < 1.29 is 19.1 Å². The number of rotatable bonds is 7. The minimum Gasteiger partial charge on any atom is -0.455 e. The number of likely N-dealkylation sites (tertiary alicyclic amines) is 1. The Hall–Kier alpha value is -2.86. The van der Waals surface area contributed by atoms with Crippen molar-refractivity contribution in [1.29, 1.82) is 0 Å². The summed E-state index contributed by atoms with van der Waals surface area (Å²) in [7, 11) is 0. The van der Waals surface area contributed by atoms with Crippen molar-refractivity contribution in [2.24, 2.45) is 5.92 Å². The zero-order valence-electron chi connectivity index (χ0n) is 16.1. The zero-order valence-corrected chi connectivity index (χ0v) is 16.9. The Bertz CT molecular complexity index is 887. The van der Waals surface area contributed by atoms with Crippen LogP contribution < -0.4 is 5.32 Å². The summed E-state index contributed by atoms with van der Waals surface area (Å²) in [5.74, 6) is -1.61. The van der Waals surface area contributed by atoms with E-state index in [1.54, 1.807) is 23.1 Å². The predicted molar refractivity (Wildman–Crippen MR) is 109 cm³/mol. The first-order chi connectivity index (χ1) is 14.0. The standard InChI is InChI=1S/C22H23ClN2O4/c1-15(16-7-3-2-4-8-16)25-13-18(11-21(25)27)22(28)29-14-20(26)24-12-17-9-5-6-10-19(17)23/h2-10,15,18H,11-14H2,1H3,(H,24,26)/t15-,18-/m0/s1. The molecule has 7 heteroatoms. The van der Waals surface area contributed by atoms with Crippen LogP contribution in [0.3, 0.4) is 0 Å². The summed E-state index contributed by atoms with van der Waals surface area (Å²) in [6.07, 6.45) is 0.0945. The lowest BCUT2D eigenvalue weighted by Crippen LogP contribution is -2.32. The van der Waals surface area contributed by atoms with Gasteiger partial charge in [0.05, 0.1) is 12.0 Å². The minimum atomic E-state index is -0.565. The molecular formula is C22H23ClN2O4. The van der Waals surface area contributed by atoms with Gasteiger partial charge < -0.3 is 15.0 Å². The summed E-state index contributed by atoms with van der Waals surface area (Å²) in [5.41, 5.74) is 1.79. The van der Waals surface area contributed by atoms with Crippen molar-refractivity contribution in [3.05, 3.63) is 70.7 Å². The molecule has 152 valence electrons. The molecule has 0 saturated carbocycles. The van der Waals surface area contributed by atoms with E-state index in [9.17, 15) is 14.4 Å². The van der Waals surface area contributed by atoms with E-state index in [0.717, 1.165) is 11.1 Å². The van der Waals surface area contributed by atoms with Crippen LogP contribution in [0.15, 0.2) is 54.6 Å². The summed E-state index contributed by atoms with van der Waals surface area (Å²) >= 11 is 6.05. The van der Waals surface area contributed by atoms with Crippen molar-refractivity contribution in [3.63, 3.8) is 0 Å². The van der Waals surface area contributed by atoms with Crippen LogP contribution in [-0.2, 0) is 25.7 Å². The monoisotopic (exact) mass is 414 g/mol. The number of amides is 2. The molecule has 2 atom stereocenters. The van der Waals surface area contributed by atoms with Gasteiger partial charge in [0.1, 0.15) is 0 Å². The second-order valence-electron chi connectivity index (χ2n) is 7.01. The number of halogens is 1. The van der Waals surface area contributed by atoms with Gasteiger partial charge in [0.2, 0.25) is 5.91 Å². The quantitative estimate of drug-likeness (QED) is 0.706. The molecule has 0 aromatic heterocycles. The molecule has 1 fully saturated rings. The van der Waals surface area contributed by atoms with Crippen LogP contribution in [0.4, 0.5) is 0 Å². The molecule has 0 spiro atoms. The molecule has 6 nitrogen and oxygen atoms in total. The molecule has 1 saturated heterocycles. The van der Waals surface area contributed by atoms with Crippen molar-refractivity contribution in [2.75, 3.05) is 13.2 Å². The summed E-state index contributed by atoms with van der Waals surface area (Å²) in [4.78, 5) is 38.3. The highest BCUT2D eigenvalue weighted by Gasteiger charge is 2.38. The molecule has 0 bridgehead atoms. The Kier molecular flexibility index (Phi) is 6.88. The fourth-order valence-corrected chi connectivity index (χ4v) is 3.52. The number of carbonyl (C=O) groups excluding carboxylic acids is 3. The molecule has 3 rings (SSSR count). The number of ether oxygens (including phenoxy) is 1. The molecule has 1 N–H and O–H groups in total. The van der Waals surface area contributed by atoms with Crippen LogP contribution in [-0.4, -0.2) is 35.8 Å². The number of carbonyl (C=O) groups is 3. The Morgan fingerprint density at radius 1 is 1.17 bits per heavy atom. The Morgan fingerprint density at radius 2 is 1.86 bits per heavy atom. The van der Waals surface area contributed by atoms with Crippen molar-refractivity contribution in [3.8, 4) is 0 Å². The summed E-state index contributed by atoms with van der Waals surface area (Å²) in [6, 6.07) is 16.7. The largest absolute Gasteiger partial charge is 0.455 e. The highest BCUT2D eigenvalue weighted by Crippen LogP contribution is 2.28. The second kappa shape index (κ2) is 9.56. The fraction of sp³-hybridized carbons (Fsp3) is 0.318. The van der Waals surface area contributed by atoms with Crippen LogP contribution in [0.1, 0.15) is 30.5 Å². The van der Waals surface area contributed by atoms with Gasteiger partial charge in [-0.1, -0.05) is 60.1 Å². The van der Waals surface area contributed by atoms with Gasteiger partial charge in [-0.25, -0.2) is 0 Å². The van der Waals surface area contributed by atoms with Crippen LogP contribution in [0, 0.1) is 5.92 Å². The van der Waals surface area contributed by atoms with E-state index in [1.165, 1.54) is 0 Å². The Morgan fingerprint density at radius 3 is 2.59 bits per heavy atom. The Balaban J connectivity index is 1.47.